The van der Waals surface area contributed by atoms with Gasteiger partial charge in [-0.15, -0.1) is 0 Å². The highest BCUT2D eigenvalue weighted by Gasteiger charge is 2.17. The van der Waals surface area contributed by atoms with E-state index < -0.39 is 0 Å². The molecule has 1 aliphatic rings. The Morgan fingerprint density at radius 2 is 1.85 bits per heavy atom. The average molecular weight is 543 g/mol. The highest BCUT2D eigenvalue weighted by atomic mass is 16.5. The normalized spacial score (nSPS) is 14.2. The van der Waals surface area contributed by atoms with E-state index in [4.69, 9.17) is 9.47 Å². The Hall–Kier alpha value is -4.48. The second kappa shape index (κ2) is 12.1. The third-order valence-corrected chi connectivity index (χ3v) is 6.96. The Bertz CT molecular complexity index is 1510. The molecular formula is C29H34N8O3. The quantitative estimate of drug-likeness (QED) is 0.291. The molecule has 11 nitrogen and oxygen atoms in total. The summed E-state index contributed by atoms with van der Waals surface area (Å²) < 4.78 is 13.8. The second-order valence-electron chi connectivity index (χ2n) is 9.71. The fourth-order valence-corrected chi connectivity index (χ4v) is 4.60. The molecule has 2 N–H and O–H groups in total. The van der Waals surface area contributed by atoms with Gasteiger partial charge in [-0.05, 0) is 31.3 Å². The summed E-state index contributed by atoms with van der Waals surface area (Å²) in [5, 5.41) is 6.15. The molecule has 0 saturated carbocycles. The van der Waals surface area contributed by atoms with Gasteiger partial charge in [0, 0.05) is 57.5 Å². The molecule has 5 rings (SSSR count). The van der Waals surface area contributed by atoms with Crippen molar-refractivity contribution in [3.63, 3.8) is 0 Å². The van der Waals surface area contributed by atoms with E-state index in [1.807, 2.05) is 35.9 Å². The van der Waals surface area contributed by atoms with Crippen LogP contribution < -0.4 is 20.1 Å². The van der Waals surface area contributed by atoms with E-state index >= 15 is 0 Å². The number of carbonyl (C=O) groups is 1. The Kier molecular flexibility index (Phi) is 8.23. The number of aromatic nitrogens is 4. The molecule has 11 heteroatoms. The van der Waals surface area contributed by atoms with Gasteiger partial charge in [0.05, 0.1) is 41.5 Å². The van der Waals surface area contributed by atoms with Crippen LogP contribution in [0.2, 0.25) is 0 Å². The lowest BCUT2D eigenvalue weighted by atomic mass is 10.1. The van der Waals surface area contributed by atoms with Gasteiger partial charge >= 0.3 is 0 Å². The summed E-state index contributed by atoms with van der Waals surface area (Å²) in [6.45, 7) is 8.92. The first-order valence-electron chi connectivity index (χ1n) is 13.1. The van der Waals surface area contributed by atoms with Crippen LogP contribution in [0.1, 0.15) is 0 Å². The maximum atomic E-state index is 12.2. The zero-order valence-electron chi connectivity index (χ0n) is 23.1. The van der Waals surface area contributed by atoms with Crippen LogP contribution in [-0.2, 0) is 11.8 Å². The third kappa shape index (κ3) is 6.22. The number of fused-ring (bicyclic) bond motifs is 1. The molecule has 1 aliphatic heterocycles. The molecule has 0 bridgehead atoms. The maximum absolute atomic E-state index is 12.2. The molecule has 2 aromatic heterocycles. The fraction of sp³-hybridized carbons (Fsp3) is 0.310. The number of carbonyl (C=O) groups excluding carboxylic acids is 1. The second-order valence-corrected chi connectivity index (χ2v) is 9.71. The molecule has 4 aromatic rings. The number of nitrogens with one attached hydrogen (secondary N) is 2. The number of amides is 1. The van der Waals surface area contributed by atoms with Gasteiger partial charge in [0.1, 0.15) is 30.3 Å². The van der Waals surface area contributed by atoms with Crippen LogP contribution in [0.5, 0.6) is 11.5 Å². The molecule has 3 heterocycles. The van der Waals surface area contributed by atoms with Crippen LogP contribution in [0.15, 0.2) is 61.7 Å². The summed E-state index contributed by atoms with van der Waals surface area (Å²) in [7, 11) is 5.68. The van der Waals surface area contributed by atoms with Crippen molar-refractivity contribution in [2.24, 2.45) is 7.05 Å². The highest BCUT2D eigenvalue weighted by molar-refractivity contribution is 6.00. The number of anilines is 3. The predicted octanol–water partition coefficient (Wildman–Crippen LogP) is 3.53. The number of aryl methyl sites for hydroxylation is 1. The average Bonchev–Trinajstić information content (AvgIpc) is 3.35. The topological polar surface area (TPSA) is 110 Å². The van der Waals surface area contributed by atoms with Gasteiger partial charge < -0.3 is 29.6 Å². The number of nitrogens with zero attached hydrogens (tertiary/aromatic N) is 6. The molecule has 1 fully saturated rings. The Labute approximate surface area is 233 Å². The van der Waals surface area contributed by atoms with Gasteiger partial charge in [-0.1, -0.05) is 12.6 Å². The van der Waals surface area contributed by atoms with Crippen molar-refractivity contribution in [2.75, 3.05) is 64.1 Å². The molecular weight excluding hydrogens is 508 g/mol. The predicted molar refractivity (Wildman–Crippen MR) is 156 cm³/mol. The van der Waals surface area contributed by atoms with Crippen LogP contribution in [0.25, 0.3) is 22.3 Å². The Morgan fingerprint density at radius 1 is 1.02 bits per heavy atom. The Balaban J connectivity index is 1.37. The lowest BCUT2D eigenvalue weighted by Gasteiger charge is -2.32. The lowest BCUT2D eigenvalue weighted by molar-refractivity contribution is -0.111. The van der Waals surface area contributed by atoms with Crippen molar-refractivity contribution in [3.8, 4) is 22.8 Å². The van der Waals surface area contributed by atoms with Crippen molar-refractivity contribution in [3.05, 3.63) is 61.7 Å². The number of likely N-dealkylation sites (N-methyl/N-ethyl adjacent to an activating group) is 1. The van der Waals surface area contributed by atoms with Gasteiger partial charge in [0.2, 0.25) is 5.91 Å². The third-order valence-electron chi connectivity index (χ3n) is 6.96. The molecule has 0 unspecified atom stereocenters. The van der Waals surface area contributed by atoms with E-state index in [0.29, 0.717) is 35.3 Å². The summed E-state index contributed by atoms with van der Waals surface area (Å²) in [5.41, 5.74) is 4.71. The number of hydrogen-bond acceptors (Lipinski definition) is 9. The number of ether oxygens (including phenoxy) is 2. The first-order chi connectivity index (χ1) is 19.4. The lowest BCUT2D eigenvalue weighted by Crippen LogP contribution is -2.45. The molecule has 40 heavy (non-hydrogen) atoms. The van der Waals surface area contributed by atoms with E-state index in [9.17, 15) is 4.79 Å². The van der Waals surface area contributed by atoms with Gasteiger partial charge in [-0.25, -0.2) is 15.0 Å². The van der Waals surface area contributed by atoms with Gasteiger partial charge in [-0.3, -0.25) is 9.69 Å². The number of rotatable bonds is 10. The SMILES string of the molecule is C=CC(=O)Nc1cc(Nc2cc(-c3ccc4c(c3)ncn4C)ncn2)c(OC)cc1OCCN1CCN(C)CC1. The standard InChI is InChI=1S/C29H34N8O3/c1-5-29(38)34-24-15-23(26(39-4)17-27(24)40-13-12-37-10-8-35(2)9-11-37)33-28-16-21(30-18-31-28)20-6-7-25-22(14-20)32-19-36(25)3/h5-7,14-19H,1,8-13H2,2-4H3,(H,34,38)(H,30,31,33). The molecule has 2 aromatic carbocycles. The molecule has 0 aliphatic carbocycles. The number of methoxy groups -OCH3 is 1. The van der Waals surface area contributed by atoms with E-state index in [2.05, 4.69) is 49.0 Å². The van der Waals surface area contributed by atoms with Crippen LogP contribution in [0, 0.1) is 0 Å². The van der Waals surface area contributed by atoms with Crippen LogP contribution in [0.3, 0.4) is 0 Å². The van der Waals surface area contributed by atoms with E-state index in [1.54, 1.807) is 25.6 Å². The van der Waals surface area contributed by atoms with Crippen molar-refractivity contribution in [1.29, 1.82) is 0 Å². The van der Waals surface area contributed by atoms with Gasteiger partial charge in [-0.2, -0.15) is 0 Å². The van der Waals surface area contributed by atoms with Crippen molar-refractivity contribution in [1.82, 2.24) is 29.3 Å². The monoisotopic (exact) mass is 542 g/mol. The van der Waals surface area contributed by atoms with E-state index in [-0.39, 0.29) is 5.91 Å². The zero-order valence-corrected chi connectivity index (χ0v) is 23.1. The molecule has 0 radical (unpaired) electrons. The van der Waals surface area contributed by atoms with Gasteiger partial charge in [0.25, 0.3) is 0 Å². The number of imidazole rings is 1. The minimum Gasteiger partial charge on any atom is -0.494 e. The Morgan fingerprint density at radius 3 is 2.62 bits per heavy atom. The van der Waals surface area contributed by atoms with Gasteiger partial charge in [0.15, 0.2) is 0 Å². The molecule has 1 amide bonds. The highest BCUT2D eigenvalue weighted by Crippen LogP contribution is 2.38. The zero-order chi connectivity index (χ0) is 28.1. The summed E-state index contributed by atoms with van der Waals surface area (Å²) in [6, 6.07) is 11.4. The fourth-order valence-electron chi connectivity index (χ4n) is 4.60. The van der Waals surface area contributed by atoms with Crippen molar-refractivity contribution in [2.45, 2.75) is 0 Å². The molecule has 208 valence electrons. The summed E-state index contributed by atoms with van der Waals surface area (Å²) in [6.07, 6.45) is 4.51. The van der Waals surface area contributed by atoms with Crippen LogP contribution >= 0.6 is 0 Å². The number of hydrogen-bond donors (Lipinski definition) is 2. The van der Waals surface area contributed by atoms with Crippen molar-refractivity contribution >= 4 is 34.1 Å². The van der Waals surface area contributed by atoms with E-state index in [1.165, 1.54) is 12.4 Å². The van der Waals surface area contributed by atoms with Crippen LogP contribution in [0.4, 0.5) is 17.2 Å². The van der Waals surface area contributed by atoms with Crippen molar-refractivity contribution < 1.29 is 14.3 Å². The molecule has 0 atom stereocenters. The smallest absolute Gasteiger partial charge is 0.247 e. The summed E-state index contributed by atoms with van der Waals surface area (Å²) >= 11 is 0. The largest absolute Gasteiger partial charge is 0.494 e. The first kappa shape index (κ1) is 27.1. The molecule has 0 spiro atoms. The van der Waals surface area contributed by atoms with Crippen LogP contribution in [-0.4, -0.2) is 88.7 Å². The number of piperazine rings is 1. The minimum atomic E-state index is -0.339. The number of benzene rings is 2. The maximum Gasteiger partial charge on any atom is 0.247 e. The van der Waals surface area contributed by atoms with E-state index in [0.717, 1.165) is 55.0 Å². The summed E-state index contributed by atoms with van der Waals surface area (Å²) in [4.78, 5) is 30.2. The first-order valence-corrected chi connectivity index (χ1v) is 13.1. The summed E-state index contributed by atoms with van der Waals surface area (Å²) in [5.74, 6) is 1.28. The molecule has 1 saturated heterocycles. The minimum absolute atomic E-state index is 0.339.